The van der Waals surface area contributed by atoms with Crippen molar-refractivity contribution in [2.45, 2.75) is 11.3 Å². The molecule has 1 amide bonds. The van der Waals surface area contributed by atoms with Crippen LogP contribution in [-0.2, 0) is 14.8 Å². The van der Waals surface area contributed by atoms with Gasteiger partial charge in [0.25, 0.3) is 0 Å². The molecule has 116 valence electrons. The highest BCUT2D eigenvalue weighted by atomic mass is 32.2. The maximum Gasteiger partial charge on any atom is 0.241 e. The van der Waals surface area contributed by atoms with Crippen LogP contribution >= 0.6 is 0 Å². The summed E-state index contributed by atoms with van der Waals surface area (Å²) in [5, 5.41) is 0. The molecule has 0 saturated heterocycles. The monoisotopic (exact) mass is 314 g/mol. The number of fused-ring (bicyclic) bond motifs is 1. The SMILES string of the molecule is CN(C)C(=O)CNS(=O)(=O)c1ccc2c(c1)OCCCO2. The summed E-state index contributed by atoms with van der Waals surface area (Å²) in [6, 6.07) is 4.39. The van der Waals surface area contributed by atoms with Crippen LogP contribution in [0.3, 0.4) is 0 Å². The van der Waals surface area contributed by atoms with Gasteiger partial charge in [0.15, 0.2) is 11.5 Å². The van der Waals surface area contributed by atoms with Gasteiger partial charge in [-0.1, -0.05) is 0 Å². The van der Waals surface area contributed by atoms with Crippen molar-refractivity contribution >= 4 is 15.9 Å². The molecule has 0 radical (unpaired) electrons. The Morgan fingerprint density at radius 3 is 2.57 bits per heavy atom. The molecule has 0 aliphatic carbocycles. The first-order valence-electron chi connectivity index (χ1n) is 6.49. The molecule has 0 fully saturated rings. The van der Waals surface area contributed by atoms with E-state index < -0.39 is 10.0 Å². The lowest BCUT2D eigenvalue weighted by atomic mass is 10.3. The zero-order chi connectivity index (χ0) is 15.5. The molecule has 0 bridgehead atoms. The number of hydrogen-bond donors (Lipinski definition) is 1. The van der Waals surface area contributed by atoms with Crippen molar-refractivity contribution in [1.82, 2.24) is 9.62 Å². The third kappa shape index (κ3) is 3.85. The minimum atomic E-state index is -3.77. The molecule has 0 atom stereocenters. The van der Waals surface area contributed by atoms with Crippen molar-refractivity contribution in [1.29, 1.82) is 0 Å². The van der Waals surface area contributed by atoms with E-state index in [4.69, 9.17) is 9.47 Å². The molecule has 2 rings (SSSR count). The number of carbonyl (C=O) groups is 1. The van der Waals surface area contributed by atoms with Gasteiger partial charge in [0.2, 0.25) is 15.9 Å². The normalized spacial score (nSPS) is 14.4. The lowest BCUT2D eigenvalue weighted by Gasteiger charge is -2.12. The van der Waals surface area contributed by atoms with Gasteiger partial charge in [-0.3, -0.25) is 4.79 Å². The molecule has 1 N–H and O–H groups in total. The molecular weight excluding hydrogens is 296 g/mol. The number of carbonyl (C=O) groups excluding carboxylic acids is 1. The fourth-order valence-corrected chi connectivity index (χ4v) is 2.70. The fourth-order valence-electron chi connectivity index (χ4n) is 1.71. The Kier molecular flexibility index (Phi) is 4.69. The van der Waals surface area contributed by atoms with Gasteiger partial charge in [-0.15, -0.1) is 0 Å². The number of nitrogens with one attached hydrogen (secondary N) is 1. The van der Waals surface area contributed by atoms with Gasteiger partial charge < -0.3 is 14.4 Å². The second kappa shape index (κ2) is 6.31. The lowest BCUT2D eigenvalue weighted by molar-refractivity contribution is -0.127. The van der Waals surface area contributed by atoms with Gasteiger partial charge in [-0.2, -0.15) is 0 Å². The van der Waals surface area contributed by atoms with E-state index in [0.29, 0.717) is 24.7 Å². The van der Waals surface area contributed by atoms with Crippen molar-refractivity contribution in [3.63, 3.8) is 0 Å². The Balaban J connectivity index is 2.17. The first kappa shape index (κ1) is 15.6. The van der Waals surface area contributed by atoms with E-state index in [9.17, 15) is 13.2 Å². The van der Waals surface area contributed by atoms with E-state index in [-0.39, 0.29) is 17.3 Å². The number of ether oxygens (including phenoxy) is 2. The lowest BCUT2D eigenvalue weighted by Crippen LogP contribution is -2.36. The summed E-state index contributed by atoms with van der Waals surface area (Å²) in [6.07, 6.45) is 0.742. The molecule has 0 unspecified atom stereocenters. The van der Waals surface area contributed by atoms with Crippen LogP contribution in [0.1, 0.15) is 6.42 Å². The first-order valence-corrected chi connectivity index (χ1v) is 7.98. The standard InChI is InChI=1S/C13H18N2O5S/c1-15(2)13(16)9-14-21(17,18)10-4-5-11-12(8-10)20-7-3-6-19-11/h4-5,8,14H,3,6-7,9H2,1-2H3. The summed E-state index contributed by atoms with van der Waals surface area (Å²) in [4.78, 5) is 12.8. The van der Waals surface area contributed by atoms with Gasteiger partial charge >= 0.3 is 0 Å². The first-order chi connectivity index (χ1) is 9.90. The van der Waals surface area contributed by atoms with Crippen molar-refractivity contribution in [3.05, 3.63) is 18.2 Å². The van der Waals surface area contributed by atoms with Crippen LogP contribution in [0, 0.1) is 0 Å². The predicted molar refractivity (Wildman–Crippen MR) is 75.9 cm³/mol. The number of nitrogens with zero attached hydrogens (tertiary/aromatic N) is 1. The third-order valence-corrected chi connectivity index (χ3v) is 4.34. The molecule has 8 heteroatoms. The number of benzene rings is 1. The Labute approximate surface area is 123 Å². The third-order valence-electron chi connectivity index (χ3n) is 2.94. The largest absolute Gasteiger partial charge is 0.490 e. The van der Waals surface area contributed by atoms with Crippen LogP contribution in [0.4, 0.5) is 0 Å². The molecule has 0 spiro atoms. The van der Waals surface area contributed by atoms with E-state index in [0.717, 1.165) is 6.42 Å². The molecule has 1 aliphatic heterocycles. The minimum absolute atomic E-state index is 0.0401. The van der Waals surface area contributed by atoms with Gasteiger partial charge in [0.1, 0.15) is 0 Å². The van der Waals surface area contributed by atoms with E-state index in [1.54, 1.807) is 20.2 Å². The number of likely N-dealkylation sites (N-methyl/N-ethyl adjacent to an activating group) is 1. The maximum atomic E-state index is 12.2. The highest BCUT2D eigenvalue weighted by Gasteiger charge is 2.19. The molecular formula is C13H18N2O5S. The highest BCUT2D eigenvalue weighted by molar-refractivity contribution is 7.89. The second-order valence-corrected chi connectivity index (χ2v) is 6.54. The van der Waals surface area contributed by atoms with Crippen LogP contribution in [0.15, 0.2) is 23.1 Å². The number of hydrogen-bond acceptors (Lipinski definition) is 5. The Bertz CT molecular complexity index is 627. The summed E-state index contributed by atoms with van der Waals surface area (Å²) in [5.74, 6) is 0.595. The van der Waals surface area contributed by atoms with Crippen molar-refractivity contribution in [2.24, 2.45) is 0 Å². The Morgan fingerprint density at radius 2 is 1.90 bits per heavy atom. The summed E-state index contributed by atoms with van der Waals surface area (Å²) in [6.45, 7) is 0.724. The molecule has 0 saturated carbocycles. The molecule has 7 nitrogen and oxygen atoms in total. The summed E-state index contributed by atoms with van der Waals surface area (Å²) >= 11 is 0. The molecule has 1 aliphatic rings. The quantitative estimate of drug-likeness (QED) is 0.859. The van der Waals surface area contributed by atoms with Crippen LogP contribution in [0.2, 0.25) is 0 Å². The zero-order valence-electron chi connectivity index (χ0n) is 12.0. The molecule has 1 heterocycles. The molecule has 1 aromatic carbocycles. The summed E-state index contributed by atoms with van der Waals surface area (Å²) < 4.78 is 37.5. The van der Waals surface area contributed by atoms with Crippen LogP contribution in [0.5, 0.6) is 11.5 Å². The average Bonchev–Trinajstić information content (AvgIpc) is 2.69. The topological polar surface area (TPSA) is 84.9 Å². The second-order valence-electron chi connectivity index (χ2n) is 4.77. The predicted octanol–water partition coefficient (Wildman–Crippen LogP) is 0.214. The molecule has 0 aromatic heterocycles. The Morgan fingerprint density at radius 1 is 1.24 bits per heavy atom. The van der Waals surface area contributed by atoms with E-state index >= 15 is 0 Å². The van der Waals surface area contributed by atoms with Crippen LogP contribution < -0.4 is 14.2 Å². The van der Waals surface area contributed by atoms with Crippen molar-refractivity contribution in [2.75, 3.05) is 33.9 Å². The van der Waals surface area contributed by atoms with Crippen molar-refractivity contribution < 1.29 is 22.7 Å². The van der Waals surface area contributed by atoms with Crippen molar-refractivity contribution in [3.8, 4) is 11.5 Å². The smallest absolute Gasteiger partial charge is 0.241 e. The summed E-state index contributed by atoms with van der Waals surface area (Å²) in [5.41, 5.74) is 0. The zero-order valence-corrected chi connectivity index (χ0v) is 12.8. The van der Waals surface area contributed by atoms with Gasteiger partial charge in [0, 0.05) is 26.6 Å². The molecule has 21 heavy (non-hydrogen) atoms. The molecule has 1 aromatic rings. The van der Waals surface area contributed by atoms with Crippen LogP contribution in [-0.4, -0.2) is 53.1 Å². The number of amides is 1. The van der Waals surface area contributed by atoms with Gasteiger partial charge in [-0.25, -0.2) is 13.1 Å². The Hall–Kier alpha value is -1.80. The average molecular weight is 314 g/mol. The van der Waals surface area contributed by atoms with Gasteiger partial charge in [-0.05, 0) is 12.1 Å². The highest BCUT2D eigenvalue weighted by Crippen LogP contribution is 2.31. The maximum absolute atomic E-state index is 12.2. The van der Waals surface area contributed by atoms with Gasteiger partial charge in [0.05, 0.1) is 24.7 Å². The van der Waals surface area contributed by atoms with E-state index in [2.05, 4.69) is 4.72 Å². The van der Waals surface area contributed by atoms with E-state index in [1.165, 1.54) is 17.0 Å². The van der Waals surface area contributed by atoms with E-state index in [1.807, 2.05) is 0 Å². The summed E-state index contributed by atoms with van der Waals surface area (Å²) in [7, 11) is -0.648. The number of sulfonamides is 1. The van der Waals surface area contributed by atoms with Crippen LogP contribution in [0.25, 0.3) is 0 Å². The minimum Gasteiger partial charge on any atom is -0.490 e. The number of rotatable bonds is 4. The fraction of sp³-hybridized carbons (Fsp3) is 0.462.